The Morgan fingerprint density at radius 1 is 1.30 bits per heavy atom. The highest BCUT2D eigenvalue weighted by atomic mass is 35.5. The predicted octanol–water partition coefficient (Wildman–Crippen LogP) is 2.62. The molecule has 108 valence electrons. The van der Waals surface area contributed by atoms with Crippen LogP contribution in [0.25, 0.3) is 0 Å². The van der Waals surface area contributed by atoms with E-state index in [0.717, 1.165) is 36.5 Å². The van der Waals surface area contributed by atoms with Crippen LogP contribution >= 0.6 is 11.6 Å². The van der Waals surface area contributed by atoms with Gasteiger partial charge in [0.15, 0.2) is 0 Å². The SMILES string of the molecule is CCCNC(Cc1cn(C)nn1)Cc1ccccc1Cl. The molecule has 1 heterocycles. The molecule has 4 nitrogen and oxygen atoms in total. The molecule has 2 rings (SSSR count). The smallest absolute Gasteiger partial charge is 0.0842 e. The monoisotopic (exact) mass is 292 g/mol. The molecule has 0 fully saturated rings. The van der Waals surface area contributed by atoms with Gasteiger partial charge in [0.1, 0.15) is 0 Å². The lowest BCUT2D eigenvalue weighted by Gasteiger charge is -2.18. The van der Waals surface area contributed by atoms with Gasteiger partial charge >= 0.3 is 0 Å². The molecule has 0 saturated carbocycles. The van der Waals surface area contributed by atoms with Gasteiger partial charge in [-0.05, 0) is 31.0 Å². The lowest BCUT2D eigenvalue weighted by Crippen LogP contribution is -2.34. The summed E-state index contributed by atoms with van der Waals surface area (Å²) in [5, 5.41) is 12.6. The zero-order valence-corrected chi connectivity index (χ0v) is 12.8. The van der Waals surface area contributed by atoms with Crippen LogP contribution in [-0.4, -0.2) is 27.6 Å². The zero-order valence-electron chi connectivity index (χ0n) is 12.0. The lowest BCUT2D eigenvalue weighted by atomic mass is 10.0. The third-order valence-electron chi connectivity index (χ3n) is 3.21. The van der Waals surface area contributed by atoms with Crippen LogP contribution in [0.2, 0.25) is 5.02 Å². The summed E-state index contributed by atoms with van der Waals surface area (Å²) in [5.74, 6) is 0. The number of rotatable bonds is 7. The third kappa shape index (κ3) is 4.32. The number of nitrogens with zero attached hydrogens (tertiary/aromatic N) is 3. The van der Waals surface area contributed by atoms with E-state index < -0.39 is 0 Å². The van der Waals surface area contributed by atoms with Crippen LogP contribution < -0.4 is 5.32 Å². The van der Waals surface area contributed by atoms with Crippen molar-refractivity contribution in [3.8, 4) is 0 Å². The van der Waals surface area contributed by atoms with Crippen molar-refractivity contribution in [2.75, 3.05) is 6.54 Å². The molecule has 0 saturated heterocycles. The molecule has 1 N–H and O–H groups in total. The fourth-order valence-corrected chi connectivity index (χ4v) is 2.45. The summed E-state index contributed by atoms with van der Waals surface area (Å²) in [5.41, 5.74) is 2.18. The number of aromatic nitrogens is 3. The lowest BCUT2D eigenvalue weighted by molar-refractivity contribution is 0.500. The van der Waals surface area contributed by atoms with Gasteiger partial charge in [-0.25, -0.2) is 0 Å². The Morgan fingerprint density at radius 3 is 2.75 bits per heavy atom. The van der Waals surface area contributed by atoms with Gasteiger partial charge in [-0.1, -0.05) is 41.9 Å². The first kappa shape index (κ1) is 15.0. The molecular formula is C15H21ClN4. The van der Waals surface area contributed by atoms with Crippen molar-refractivity contribution in [1.82, 2.24) is 20.3 Å². The summed E-state index contributed by atoms with van der Waals surface area (Å²) in [4.78, 5) is 0. The van der Waals surface area contributed by atoms with E-state index in [-0.39, 0.29) is 0 Å². The maximum Gasteiger partial charge on any atom is 0.0842 e. The van der Waals surface area contributed by atoms with Crippen molar-refractivity contribution in [3.05, 3.63) is 46.7 Å². The van der Waals surface area contributed by atoms with Crippen LogP contribution in [0.4, 0.5) is 0 Å². The first-order chi connectivity index (χ1) is 9.69. The van der Waals surface area contributed by atoms with Gasteiger partial charge in [-0.3, -0.25) is 4.68 Å². The van der Waals surface area contributed by atoms with Crippen molar-refractivity contribution in [2.24, 2.45) is 7.05 Å². The van der Waals surface area contributed by atoms with Gasteiger partial charge in [0.2, 0.25) is 0 Å². The molecule has 0 bridgehead atoms. The molecule has 20 heavy (non-hydrogen) atoms. The molecule has 1 aromatic heterocycles. The minimum absolute atomic E-state index is 0.326. The van der Waals surface area contributed by atoms with Crippen LogP contribution in [0.3, 0.4) is 0 Å². The second-order valence-corrected chi connectivity index (χ2v) is 5.44. The van der Waals surface area contributed by atoms with Crippen molar-refractivity contribution in [3.63, 3.8) is 0 Å². The first-order valence-electron chi connectivity index (χ1n) is 7.01. The van der Waals surface area contributed by atoms with Crippen LogP contribution in [0.15, 0.2) is 30.5 Å². The molecule has 0 spiro atoms. The van der Waals surface area contributed by atoms with Gasteiger partial charge in [-0.15, -0.1) is 5.10 Å². The summed E-state index contributed by atoms with van der Waals surface area (Å²) < 4.78 is 1.74. The number of nitrogens with one attached hydrogen (secondary N) is 1. The van der Waals surface area contributed by atoms with Gasteiger partial charge in [-0.2, -0.15) is 0 Å². The van der Waals surface area contributed by atoms with Crippen LogP contribution in [0.5, 0.6) is 0 Å². The van der Waals surface area contributed by atoms with Gasteiger partial charge in [0.05, 0.1) is 5.69 Å². The predicted molar refractivity (Wildman–Crippen MR) is 81.9 cm³/mol. The average Bonchev–Trinajstić information content (AvgIpc) is 2.84. The minimum atomic E-state index is 0.326. The first-order valence-corrected chi connectivity index (χ1v) is 7.38. The molecule has 0 aliphatic carbocycles. The minimum Gasteiger partial charge on any atom is -0.313 e. The highest BCUT2D eigenvalue weighted by molar-refractivity contribution is 6.31. The molecule has 0 amide bonds. The second kappa shape index (κ2) is 7.41. The quantitative estimate of drug-likeness (QED) is 0.853. The summed E-state index contributed by atoms with van der Waals surface area (Å²) in [6, 6.07) is 8.34. The van der Waals surface area contributed by atoms with E-state index in [2.05, 4.69) is 28.6 Å². The standard InChI is InChI=1S/C15H21ClN4/c1-3-8-17-13(10-14-11-20(2)19-18-14)9-12-6-4-5-7-15(12)16/h4-7,11,13,17H,3,8-10H2,1-2H3. The zero-order chi connectivity index (χ0) is 14.4. The number of hydrogen-bond donors (Lipinski definition) is 1. The molecule has 2 aromatic rings. The van der Waals surface area contributed by atoms with Crippen LogP contribution in [-0.2, 0) is 19.9 Å². The number of halogens is 1. The average molecular weight is 293 g/mol. The summed E-state index contributed by atoms with van der Waals surface area (Å²) in [6.07, 6.45) is 4.84. The molecule has 1 unspecified atom stereocenters. The summed E-state index contributed by atoms with van der Waals surface area (Å²) in [6.45, 7) is 3.16. The maximum atomic E-state index is 6.25. The van der Waals surface area contributed by atoms with E-state index >= 15 is 0 Å². The molecule has 5 heteroatoms. The largest absolute Gasteiger partial charge is 0.313 e. The molecular weight excluding hydrogens is 272 g/mol. The number of aryl methyl sites for hydroxylation is 1. The Hall–Kier alpha value is -1.39. The fourth-order valence-electron chi connectivity index (χ4n) is 2.24. The summed E-state index contributed by atoms with van der Waals surface area (Å²) in [7, 11) is 1.89. The Labute approximate surface area is 125 Å². The molecule has 1 aromatic carbocycles. The maximum absolute atomic E-state index is 6.25. The highest BCUT2D eigenvalue weighted by Crippen LogP contribution is 2.17. The van der Waals surface area contributed by atoms with Crippen LogP contribution in [0.1, 0.15) is 24.6 Å². The van der Waals surface area contributed by atoms with Gasteiger partial charge < -0.3 is 5.32 Å². The Balaban J connectivity index is 2.05. The molecule has 0 radical (unpaired) electrons. The Bertz CT molecular complexity index is 538. The third-order valence-corrected chi connectivity index (χ3v) is 3.58. The van der Waals surface area contributed by atoms with Crippen LogP contribution in [0, 0.1) is 0 Å². The Morgan fingerprint density at radius 2 is 2.10 bits per heavy atom. The van der Waals surface area contributed by atoms with E-state index in [1.54, 1.807) is 4.68 Å². The van der Waals surface area contributed by atoms with Crippen molar-refractivity contribution in [1.29, 1.82) is 0 Å². The van der Waals surface area contributed by atoms with Gasteiger partial charge in [0.25, 0.3) is 0 Å². The molecule has 0 aliphatic rings. The Kier molecular flexibility index (Phi) is 5.56. The fraction of sp³-hybridized carbons (Fsp3) is 0.467. The van der Waals surface area contributed by atoms with Crippen molar-refractivity contribution < 1.29 is 0 Å². The summed E-state index contributed by atoms with van der Waals surface area (Å²) >= 11 is 6.25. The van der Waals surface area contributed by atoms with E-state index in [0.29, 0.717) is 6.04 Å². The van der Waals surface area contributed by atoms with E-state index in [1.807, 2.05) is 31.4 Å². The highest BCUT2D eigenvalue weighted by Gasteiger charge is 2.13. The van der Waals surface area contributed by atoms with Crippen molar-refractivity contribution in [2.45, 2.75) is 32.2 Å². The number of benzene rings is 1. The van der Waals surface area contributed by atoms with Crippen molar-refractivity contribution >= 4 is 11.6 Å². The van der Waals surface area contributed by atoms with E-state index in [1.165, 1.54) is 5.56 Å². The molecule has 0 aliphatic heterocycles. The number of hydrogen-bond acceptors (Lipinski definition) is 3. The van der Waals surface area contributed by atoms with E-state index in [9.17, 15) is 0 Å². The normalized spacial score (nSPS) is 12.6. The second-order valence-electron chi connectivity index (χ2n) is 5.03. The molecule has 1 atom stereocenters. The van der Waals surface area contributed by atoms with Gasteiger partial charge in [0, 0.05) is 30.7 Å². The van der Waals surface area contributed by atoms with E-state index in [4.69, 9.17) is 11.6 Å². The topological polar surface area (TPSA) is 42.7 Å².